The summed E-state index contributed by atoms with van der Waals surface area (Å²) in [7, 11) is 0. The van der Waals surface area contributed by atoms with Gasteiger partial charge in [-0.25, -0.2) is 0 Å². The van der Waals surface area contributed by atoms with E-state index < -0.39 is 17.4 Å². The minimum absolute atomic E-state index is 0.222. The molecular formula is C22H26O4. The minimum atomic E-state index is -1.34. The van der Waals surface area contributed by atoms with Crippen molar-refractivity contribution in [3.63, 3.8) is 0 Å². The van der Waals surface area contributed by atoms with Crippen LogP contribution in [0.3, 0.4) is 0 Å². The molecule has 0 aromatic heterocycles. The first kappa shape index (κ1) is 19.7. The fourth-order valence-corrected chi connectivity index (χ4v) is 3.01. The third kappa shape index (κ3) is 4.94. The van der Waals surface area contributed by atoms with Crippen molar-refractivity contribution in [2.45, 2.75) is 33.1 Å². The molecule has 2 rings (SSSR count). The van der Waals surface area contributed by atoms with Gasteiger partial charge in [-0.05, 0) is 44.2 Å². The molecule has 0 aliphatic carbocycles. The van der Waals surface area contributed by atoms with Gasteiger partial charge in [0.1, 0.15) is 0 Å². The molecule has 26 heavy (non-hydrogen) atoms. The largest absolute Gasteiger partial charge is 0.465 e. The van der Waals surface area contributed by atoms with E-state index in [1.165, 1.54) is 0 Å². The normalized spacial score (nSPS) is 11.0. The van der Waals surface area contributed by atoms with Gasteiger partial charge in [0, 0.05) is 0 Å². The van der Waals surface area contributed by atoms with Crippen molar-refractivity contribution < 1.29 is 19.1 Å². The molecule has 0 bridgehead atoms. The van der Waals surface area contributed by atoms with E-state index in [4.69, 9.17) is 9.47 Å². The Morgan fingerprint density at radius 2 is 1.23 bits per heavy atom. The van der Waals surface area contributed by atoms with Crippen LogP contribution in [0.2, 0.25) is 0 Å². The Hall–Kier alpha value is -2.62. The lowest BCUT2D eigenvalue weighted by Crippen LogP contribution is -2.44. The van der Waals surface area contributed by atoms with Crippen molar-refractivity contribution in [1.29, 1.82) is 0 Å². The zero-order valence-corrected chi connectivity index (χ0v) is 15.4. The summed E-state index contributed by atoms with van der Waals surface area (Å²) in [6, 6.07) is 19.3. The summed E-state index contributed by atoms with van der Waals surface area (Å²) in [5.41, 5.74) is 0.628. The number of esters is 2. The highest BCUT2D eigenvalue weighted by Crippen LogP contribution is 2.33. The van der Waals surface area contributed by atoms with Crippen molar-refractivity contribution >= 4 is 11.9 Å². The molecular weight excluding hydrogens is 328 g/mol. The fourth-order valence-electron chi connectivity index (χ4n) is 3.01. The summed E-state index contributed by atoms with van der Waals surface area (Å²) < 4.78 is 10.6. The molecule has 138 valence electrons. The summed E-state index contributed by atoms with van der Waals surface area (Å²) >= 11 is 0. The first-order chi connectivity index (χ1) is 12.6. The second-order valence-electron chi connectivity index (χ2n) is 6.17. The summed E-state index contributed by atoms with van der Waals surface area (Å²) in [5.74, 6) is -1.03. The van der Waals surface area contributed by atoms with Gasteiger partial charge in [-0.15, -0.1) is 0 Å². The number of hydrogen-bond acceptors (Lipinski definition) is 4. The van der Waals surface area contributed by atoms with Gasteiger partial charge >= 0.3 is 11.9 Å². The second kappa shape index (κ2) is 9.76. The SMILES string of the molecule is CCOC(=O)C(CCc1ccccc1)(Cc1ccccc1)C(=O)OCC. The van der Waals surface area contributed by atoms with Crippen LogP contribution in [0.15, 0.2) is 60.7 Å². The highest BCUT2D eigenvalue weighted by atomic mass is 16.6. The van der Waals surface area contributed by atoms with Crippen molar-refractivity contribution in [1.82, 2.24) is 0 Å². The predicted molar refractivity (Wildman–Crippen MR) is 101 cm³/mol. The molecule has 0 unspecified atom stereocenters. The van der Waals surface area contributed by atoms with Crippen molar-refractivity contribution in [2.24, 2.45) is 5.41 Å². The Balaban J connectivity index is 2.36. The van der Waals surface area contributed by atoms with E-state index in [0.717, 1.165) is 11.1 Å². The van der Waals surface area contributed by atoms with Gasteiger partial charge in [0.05, 0.1) is 13.2 Å². The molecule has 0 saturated carbocycles. The third-order valence-corrected chi connectivity index (χ3v) is 4.36. The number of ether oxygens (including phenoxy) is 2. The fraction of sp³-hybridized carbons (Fsp3) is 0.364. The number of rotatable bonds is 9. The highest BCUT2D eigenvalue weighted by molar-refractivity contribution is 6.00. The molecule has 0 spiro atoms. The number of carbonyl (C=O) groups excluding carboxylic acids is 2. The Morgan fingerprint density at radius 1 is 0.769 bits per heavy atom. The number of hydrogen-bond donors (Lipinski definition) is 0. The van der Waals surface area contributed by atoms with Gasteiger partial charge in [-0.1, -0.05) is 60.7 Å². The molecule has 4 nitrogen and oxygen atoms in total. The van der Waals surface area contributed by atoms with Crippen LogP contribution in [-0.4, -0.2) is 25.2 Å². The van der Waals surface area contributed by atoms with Gasteiger partial charge in [0.2, 0.25) is 0 Å². The van der Waals surface area contributed by atoms with Crippen LogP contribution in [0.1, 0.15) is 31.4 Å². The number of carbonyl (C=O) groups is 2. The zero-order chi connectivity index (χ0) is 18.8. The van der Waals surface area contributed by atoms with Crippen molar-refractivity contribution in [2.75, 3.05) is 13.2 Å². The highest BCUT2D eigenvalue weighted by Gasteiger charge is 2.48. The molecule has 2 aromatic rings. The van der Waals surface area contributed by atoms with E-state index >= 15 is 0 Å². The summed E-state index contributed by atoms with van der Waals surface area (Å²) in [6.45, 7) is 3.93. The van der Waals surface area contributed by atoms with Gasteiger partial charge in [0.15, 0.2) is 5.41 Å². The molecule has 0 amide bonds. The number of benzene rings is 2. The Bertz CT molecular complexity index is 677. The lowest BCUT2D eigenvalue weighted by atomic mass is 9.76. The van der Waals surface area contributed by atoms with E-state index in [9.17, 15) is 9.59 Å². The Kier molecular flexibility index (Phi) is 7.39. The number of aryl methyl sites for hydroxylation is 1. The standard InChI is InChI=1S/C22H26O4/c1-3-25-20(23)22(21(24)26-4-2,17-19-13-9-6-10-14-19)16-15-18-11-7-5-8-12-18/h5-14H,3-4,15-17H2,1-2H3. The van der Waals surface area contributed by atoms with Crippen LogP contribution >= 0.6 is 0 Å². The molecule has 0 atom stereocenters. The van der Waals surface area contributed by atoms with Gasteiger partial charge in [0.25, 0.3) is 0 Å². The molecule has 4 heteroatoms. The van der Waals surface area contributed by atoms with Crippen molar-refractivity contribution in [3.8, 4) is 0 Å². The lowest BCUT2D eigenvalue weighted by molar-refractivity contribution is -0.172. The Labute approximate surface area is 155 Å². The minimum Gasteiger partial charge on any atom is -0.465 e. The summed E-state index contributed by atoms with van der Waals surface area (Å²) in [6.07, 6.45) is 1.19. The first-order valence-electron chi connectivity index (χ1n) is 9.04. The van der Waals surface area contributed by atoms with Crippen LogP contribution in [0.25, 0.3) is 0 Å². The lowest BCUT2D eigenvalue weighted by Gasteiger charge is -2.29. The van der Waals surface area contributed by atoms with Crippen LogP contribution in [0, 0.1) is 5.41 Å². The molecule has 0 fully saturated rings. The Morgan fingerprint density at radius 3 is 1.69 bits per heavy atom. The van der Waals surface area contributed by atoms with E-state index in [-0.39, 0.29) is 19.6 Å². The predicted octanol–water partition coefficient (Wildman–Crippen LogP) is 3.97. The average molecular weight is 354 g/mol. The average Bonchev–Trinajstić information content (AvgIpc) is 2.67. The molecule has 0 aliphatic rings. The molecule has 0 heterocycles. The molecule has 2 aromatic carbocycles. The maximum Gasteiger partial charge on any atom is 0.323 e. The second-order valence-corrected chi connectivity index (χ2v) is 6.17. The summed E-state index contributed by atoms with van der Waals surface area (Å²) in [5, 5.41) is 0. The monoisotopic (exact) mass is 354 g/mol. The maximum absolute atomic E-state index is 12.9. The molecule has 0 radical (unpaired) electrons. The first-order valence-corrected chi connectivity index (χ1v) is 9.04. The molecule has 0 N–H and O–H groups in total. The van der Waals surface area contributed by atoms with Crippen molar-refractivity contribution in [3.05, 3.63) is 71.8 Å². The van der Waals surface area contributed by atoms with E-state index in [0.29, 0.717) is 12.8 Å². The van der Waals surface area contributed by atoms with Gasteiger partial charge < -0.3 is 9.47 Å². The van der Waals surface area contributed by atoms with E-state index in [1.54, 1.807) is 13.8 Å². The summed E-state index contributed by atoms with van der Waals surface area (Å²) in [4.78, 5) is 25.8. The quantitative estimate of drug-likeness (QED) is 0.505. The van der Waals surface area contributed by atoms with Gasteiger partial charge in [-0.2, -0.15) is 0 Å². The van der Waals surface area contributed by atoms with Crippen LogP contribution in [-0.2, 0) is 31.9 Å². The van der Waals surface area contributed by atoms with Crippen LogP contribution in [0.4, 0.5) is 0 Å². The zero-order valence-electron chi connectivity index (χ0n) is 15.4. The topological polar surface area (TPSA) is 52.6 Å². The molecule has 0 saturated heterocycles. The third-order valence-electron chi connectivity index (χ3n) is 4.36. The van der Waals surface area contributed by atoms with Crippen LogP contribution in [0.5, 0.6) is 0 Å². The van der Waals surface area contributed by atoms with E-state index in [2.05, 4.69) is 0 Å². The maximum atomic E-state index is 12.9. The van der Waals surface area contributed by atoms with Crippen LogP contribution < -0.4 is 0 Å². The molecule has 0 aliphatic heterocycles. The van der Waals surface area contributed by atoms with Gasteiger partial charge in [-0.3, -0.25) is 9.59 Å². The van der Waals surface area contributed by atoms with E-state index in [1.807, 2.05) is 60.7 Å². The smallest absolute Gasteiger partial charge is 0.323 e.